The van der Waals surface area contributed by atoms with Gasteiger partial charge >= 0.3 is 5.97 Å². The molecule has 7 heteroatoms. The SMILES string of the molecule is Cc1cc2sc(NC(=O)[C@H](C(=O)O)C34CC5CC(CC(C5)C3)C4)nc2cc1Cl. The molecule has 2 N–H and O–H groups in total. The number of aromatic nitrogens is 1. The summed E-state index contributed by atoms with van der Waals surface area (Å²) < 4.78 is 0.930. The van der Waals surface area contributed by atoms with Crippen LogP contribution in [0.5, 0.6) is 0 Å². The van der Waals surface area contributed by atoms with Crippen LogP contribution in [0.2, 0.25) is 5.02 Å². The number of nitrogens with zero attached hydrogens (tertiary/aromatic N) is 1. The molecule has 148 valence electrons. The number of fused-ring (bicyclic) bond motifs is 1. The number of carbonyl (C=O) groups excluding carboxylic acids is 1. The van der Waals surface area contributed by atoms with E-state index in [0.29, 0.717) is 27.9 Å². The van der Waals surface area contributed by atoms with Gasteiger partial charge in [0.15, 0.2) is 5.13 Å². The number of aryl methyl sites for hydroxylation is 1. The Bertz CT molecular complexity index is 911. The maximum Gasteiger partial charge on any atom is 0.316 e. The van der Waals surface area contributed by atoms with Crippen molar-refractivity contribution in [2.45, 2.75) is 45.4 Å². The minimum atomic E-state index is -1.00. The summed E-state index contributed by atoms with van der Waals surface area (Å²) in [7, 11) is 0. The molecule has 1 amide bonds. The first-order valence-corrected chi connectivity index (χ1v) is 11.1. The van der Waals surface area contributed by atoms with E-state index in [4.69, 9.17) is 11.6 Å². The second kappa shape index (κ2) is 6.42. The lowest BCUT2D eigenvalue weighted by molar-refractivity contribution is -0.162. The molecule has 4 aliphatic carbocycles. The summed E-state index contributed by atoms with van der Waals surface area (Å²) >= 11 is 7.53. The highest BCUT2D eigenvalue weighted by molar-refractivity contribution is 7.22. The average Bonchev–Trinajstić information content (AvgIpc) is 2.94. The van der Waals surface area contributed by atoms with Crippen LogP contribution in [0.3, 0.4) is 0 Å². The van der Waals surface area contributed by atoms with Gasteiger partial charge in [0.1, 0.15) is 5.92 Å². The number of anilines is 1. The standard InChI is InChI=1S/C21H23ClN2O3S/c1-10-2-16-15(6-14(10)22)23-20(28-16)24-18(25)17(19(26)27)21-7-11-3-12(8-21)5-13(4-11)9-21/h2,6,11-13,17H,3-5,7-9H2,1H3,(H,26,27)(H,23,24,25)/t11?,12?,13?,17-,21?/m1/s1. The number of carboxylic acid groups (broad SMARTS) is 1. The molecule has 4 bridgehead atoms. The third-order valence-corrected chi connectivity index (χ3v) is 8.45. The van der Waals surface area contributed by atoms with Gasteiger partial charge in [0.05, 0.1) is 10.2 Å². The van der Waals surface area contributed by atoms with E-state index in [2.05, 4.69) is 10.3 Å². The molecule has 1 aromatic heterocycles. The highest BCUT2D eigenvalue weighted by atomic mass is 35.5. The largest absolute Gasteiger partial charge is 0.481 e. The molecule has 2 aromatic rings. The van der Waals surface area contributed by atoms with Crippen molar-refractivity contribution in [2.24, 2.45) is 29.1 Å². The summed E-state index contributed by atoms with van der Waals surface area (Å²) in [4.78, 5) is 29.8. The van der Waals surface area contributed by atoms with Crippen LogP contribution in [-0.4, -0.2) is 22.0 Å². The second-order valence-corrected chi connectivity index (χ2v) is 10.6. The molecule has 4 saturated carbocycles. The van der Waals surface area contributed by atoms with Gasteiger partial charge in [-0.05, 0) is 86.3 Å². The Labute approximate surface area is 172 Å². The van der Waals surface area contributed by atoms with Gasteiger partial charge in [-0.15, -0.1) is 0 Å². The third kappa shape index (κ3) is 2.92. The lowest BCUT2D eigenvalue weighted by atomic mass is 9.46. The first-order valence-electron chi connectivity index (χ1n) is 9.93. The van der Waals surface area contributed by atoms with Crippen LogP contribution in [-0.2, 0) is 9.59 Å². The molecule has 0 spiro atoms. The van der Waals surface area contributed by atoms with Crippen LogP contribution in [0, 0.1) is 36.0 Å². The van der Waals surface area contributed by atoms with E-state index in [0.717, 1.165) is 35.0 Å². The number of aliphatic carboxylic acids is 1. The van der Waals surface area contributed by atoms with Crippen molar-refractivity contribution in [1.82, 2.24) is 4.98 Å². The van der Waals surface area contributed by atoms with Gasteiger partial charge in [0, 0.05) is 5.02 Å². The number of rotatable bonds is 4. The molecule has 5 nitrogen and oxygen atoms in total. The van der Waals surface area contributed by atoms with Gasteiger partial charge in [0.25, 0.3) is 0 Å². The van der Waals surface area contributed by atoms with E-state index < -0.39 is 17.8 Å². The number of hydrogen-bond acceptors (Lipinski definition) is 4. The number of carbonyl (C=O) groups is 2. The van der Waals surface area contributed by atoms with Crippen LogP contribution in [0.1, 0.15) is 44.1 Å². The summed E-state index contributed by atoms with van der Waals surface area (Å²) in [5.74, 6) is -0.649. The molecule has 1 atom stereocenters. The van der Waals surface area contributed by atoms with Crippen LogP contribution in [0.4, 0.5) is 5.13 Å². The van der Waals surface area contributed by atoms with Gasteiger partial charge < -0.3 is 10.4 Å². The molecule has 4 fully saturated rings. The highest BCUT2D eigenvalue weighted by Crippen LogP contribution is 2.63. The van der Waals surface area contributed by atoms with E-state index in [9.17, 15) is 14.7 Å². The maximum atomic E-state index is 13.1. The van der Waals surface area contributed by atoms with Crippen LogP contribution in [0.25, 0.3) is 10.2 Å². The molecule has 1 heterocycles. The van der Waals surface area contributed by atoms with Crippen molar-refractivity contribution in [2.75, 3.05) is 5.32 Å². The number of nitrogens with one attached hydrogen (secondary N) is 1. The Balaban J connectivity index is 1.43. The Hall–Kier alpha value is -1.66. The van der Waals surface area contributed by atoms with E-state index in [-0.39, 0.29) is 5.41 Å². The van der Waals surface area contributed by atoms with Gasteiger partial charge in [-0.25, -0.2) is 4.98 Å². The molecular formula is C21H23ClN2O3S. The third-order valence-electron chi connectivity index (χ3n) is 7.11. The van der Waals surface area contributed by atoms with Crippen LogP contribution < -0.4 is 5.32 Å². The quantitative estimate of drug-likeness (QED) is 0.676. The monoisotopic (exact) mass is 418 g/mol. The number of carboxylic acids is 1. The zero-order chi connectivity index (χ0) is 19.6. The van der Waals surface area contributed by atoms with Crippen molar-refractivity contribution in [3.05, 3.63) is 22.7 Å². The summed E-state index contributed by atoms with van der Waals surface area (Å²) in [5.41, 5.74) is 1.28. The lowest BCUT2D eigenvalue weighted by Gasteiger charge is -2.58. The minimum absolute atomic E-state index is 0.388. The lowest BCUT2D eigenvalue weighted by Crippen LogP contribution is -2.54. The van der Waals surface area contributed by atoms with Crippen molar-refractivity contribution in [3.8, 4) is 0 Å². The zero-order valence-electron chi connectivity index (χ0n) is 15.7. The summed E-state index contributed by atoms with van der Waals surface area (Å²) in [6.45, 7) is 1.92. The van der Waals surface area contributed by atoms with Crippen molar-refractivity contribution < 1.29 is 14.7 Å². The molecule has 0 radical (unpaired) electrons. The van der Waals surface area contributed by atoms with Crippen molar-refractivity contribution >= 4 is 50.2 Å². The van der Waals surface area contributed by atoms with E-state index >= 15 is 0 Å². The second-order valence-electron chi connectivity index (χ2n) is 9.13. The van der Waals surface area contributed by atoms with Crippen LogP contribution >= 0.6 is 22.9 Å². The highest BCUT2D eigenvalue weighted by Gasteiger charge is 2.58. The predicted molar refractivity (Wildman–Crippen MR) is 110 cm³/mol. The van der Waals surface area contributed by atoms with E-state index in [1.807, 2.05) is 13.0 Å². The fraction of sp³-hybridized carbons (Fsp3) is 0.571. The molecule has 1 aromatic carbocycles. The minimum Gasteiger partial charge on any atom is -0.481 e. The molecule has 28 heavy (non-hydrogen) atoms. The van der Waals surface area contributed by atoms with Crippen molar-refractivity contribution in [1.29, 1.82) is 0 Å². The number of thiazole rings is 1. The first-order chi connectivity index (χ1) is 13.3. The van der Waals surface area contributed by atoms with Crippen LogP contribution in [0.15, 0.2) is 12.1 Å². The number of amides is 1. The molecule has 0 unspecified atom stereocenters. The fourth-order valence-electron chi connectivity index (χ4n) is 6.46. The molecule has 0 saturated heterocycles. The summed E-state index contributed by atoms with van der Waals surface area (Å²) in [6.07, 6.45) is 6.26. The Morgan fingerprint density at radius 3 is 2.39 bits per heavy atom. The predicted octanol–water partition coefficient (Wildman–Crippen LogP) is 5.11. The summed E-state index contributed by atoms with van der Waals surface area (Å²) in [6, 6.07) is 3.73. The molecule has 6 rings (SSSR count). The van der Waals surface area contributed by atoms with Gasteiger partial charge in [-0.1, -0.05) is 22.9 Å². The molecular weight excluding hydrogens is 396 g/mol. The summed E-state index contributed by atoms with van der Waals surface area (Å²) in [5, 5.41) is 13.9. The normalized spacial score (nSPS) is 31.9. The topological polar surface area (TPSA) is 79.3 Å². The van der Waals surface area contributed by atoms with Gasteiger partial charge in [0.2, 0.25) is 5.91 Å². The van der Waals surface area contributed by atoms with Gasteiger partial charge in [-0.3, -0.25) is 9.59 Å². The van der Waals surface area contributed by atoms with E-state index in [1.54, 1.807) is 6.07 Å². The van der Waals surface area contributed by atoms with Gasteiger partial charge in [-0.2, -0.15) is 0 Å². The number of benzene rings is 1. The number of hydrogen-bond donors (Lipinski definition) is 2. The Morgan fingerprint density at radius 1 is 1.21 bits per heavy atom. The maximum absolute atomic E-state index is 13.1. The Kier molecular flexibility index (Phi) is 4.22. The van der Waals surface area contributed by atoms with E-state index in [1.165, 1.54) is 30.6 Å². The average molecular weight is 419 g/mol. The molecule has 0 aliphatic heterocycles. The Morgan fingerprint density at radius 2 is 1.82 bits per heavy atom. The van der Waals surface area contributed by atoms with Crippen molar-refractivity contribution in [3.63, 3.8) is 0 Å². The molecule has 4 aliphatic rings. The number of halogens is 1. The zero-order valence-corrected chi connectivity index (χ0v) is 17.3. The smallest absolute Gasteiger partial charge is 0.316 e. The fourth-order valence-corrected chi connectivity index (χ4v) is 7.57. The first kappa shape index (κ1) is 18.4.